The van der Waals surface area contributed by atoms with E-state index in [9.17, 15) is 13.2 Å². The number of benzene rings is 1. The summed E-state index contributed by atoms with van der Waals surface area (Å²) in [7, 11) is -3.60. The van der Waals surface area contributed by atoms with Gasteiger partial charge in [0.2, 0.25) is 10.0 Å². The summed E-state index contributed by atoms with van der Waals surface area (Å²) >= 11 is 0. The Hall–Kier alpha value is -1.40. The molecule has 0 aliphatic rings. The monoisotopic (exact) mass is 271 g/mol. The average molecular weight is 271 g/mol. The molecule has 0 aromatic heterocycles. The lowest BCUT2D eigenvalue weighted by molar-refractivity contribution is -0.137. The predicted octanol–water partition coefficient (Wildman–Crippen LogP) is 1.48. The number of carboxylic acid groups (broad SMARTS) is 1. The highest BCUT2D eigenvalue weighted by molar-refractivity contribution is 7.89. The Balaban J connectivity index is 2.99. The standard InChI is InChI=1S/C12H17NO4S/c1-3-13(8-7-12(14)15)18(16,17)11-6-4-5-10(2)9-11/h4-6,9H,3,7-8H2,1-2H3,(H,14,15). The number of carbonyl (C=O) groups is 1. The summed E-state index contributed by atoms with van der Waals surface area (Å²) < 4.78 is 25.7. The summed E-state index contributed by atoms with van der Waals surface area (Å²) in [6.07, 6.45) is -0.196. The van der Waals surface area contributed by atoms with Crippen LogP contribution >= 0.6 is 0 Å². The van der Waals surface area contributed by atoms with Crippen molar-refractivity contribution >= 4 is 16.0 Å². The van der Waals surface area contributed by atoms with Gasteiger partial charge in [0.1, 0.15) is 0 Å². The second-order valence-corrected chi connectivity index (χ2v) is 5.89. The number of aliphatic carboxylic acids is 1. The van der Waals surface area contributed by atoms with E-state index in [0.717, 1.165) is 5.56 Å². The van der Waals surface area contributed by atoms with Crippen LogP contribution in [0.5, 0.6) is 0 Å². The van der Waals surface area contributed by atoms with Gasteiger partial charge in [0.25, 0.3) is 0 Å². The molecule has 0 fully saturated rings. The van der Waals surface area contributed by atoms with E-state index >= 15 is 0 Å². The van der Waals surface area contributed by atoms with E-state index in [0.29, 0.717) is 0 Å². The summed E-state index contributed by atoms with van der Waals surface area (Å²) in [6.45, 7) is 3.74. The molecule has 18 heavy (non-hydrogen) atoms. The van der Waals surface area contributed by atoms with Crippen molar-refractivity contribution in [3.05, 3.63) is 29.8 Å². The smallest absolute Gasteiger partial charge is 0.304 e. The van der Waals surface area contributed by atoms with E-state index in [4.69, 9.17) is 5.11 Å². The number of carboxylic acids is 1. The Morgan fingerprint density at radius 3 is 2.56 bits per heavy atom. The van der Waals surface area contributed by atoms with Gasteiger partial charge in [-0.05, 0) is 24.6 Å². The van der Waals surface area contributed by atoms with Crippen LogP contribution in [0, 0.1) is 6.92 Å². The minimum atomic E-state index is -3.60. The van der Waals surface area contributed by atoms with Crippen LogP contribution in [0.25, 0.3) is 0 Å². The number of nitrogens with zero attached hydrogens (tertiary/aromatic N) is 1. The maximum atomic E-state index is 12.3. The van der Waals surface area contributed by atoms with E-state index in [2.05, 4.69) is 0 Å². The lowest BCUT2D eigenvalue weighted by Crippen LogP contribution is -2.32. The van der Waals surface area contributed by atoms with Gasteiger partial charge in [0, 0.05) is 13.1 Å². The van der Waals surface area contributed by atoms with Gasteiger partial charge in [-0.2, -0.15) is 4.31 Å². The first-order chi connectivity index (χ1) is 8.37. The van der Waals surface area contributed by atoms with Crippen LogP contribution in [-0.2, 0) is 14.8 Å². The van der Waals surface area contributed by atoms with Gasteiger partial charge in [-0.15, -0.1) is 0 Å². The van der Waals surface area contributed by atoms with E-state index in [-0.39, 0.29) is 24.4 Å². The maximum Gasteiger partial charge on any atom is 0.304 e. The van der Waals surface area contributed by atoms with Crippen molar-refractivity contribution in [2.45, 2.75) is 25.2 Å². The second kappa shape index (κ2) is 5.97. The molecular weight excluding hydrogens is 254 g/mol. The van der Waals surface area contributed by atoms with E-state index < -0.39 is 16.0 Å². The third-order valence-corrected chi connectivity index (χ3v) is 4.53. The molecule has 1 N–H and O–H groups in total. The van der Waals surface area contributed by atoms with Crippen LogP contribution in [0.3, 0.4) is 0 Å². The minimum absolute atomic E-state index is 0.0118. The number of sulfonamides is 1. The first-order valence-electron chi connectivity index (χ1n) is 5.66. The Kier molecular flexibility index (Phi) is 4.86. The zero-order valence-corrected chi connectivity index (χ0v) is 11.3. The minimum Gasteiger partial charge on any atom is -0.481 e. The lowest BCUT2D eigenvalue weighted by Gasteiger charge is -2.19. The number of rotatable bonds is 6. The molecule has 0 saturated carbocycles. The van der Waals surface area contributed by atoms with Gasteiger partial charge >= 0.3 is 5.97 Å². The molecule has 0 aliphatic carbocycles. The summed E-state index contributed by atoms with van der Waals surface area (Å²) in [5.41, 5.74) is 0.852. The van der Waals surface area contributed by atoms with Crippen LogP contribution in [0.2, 0.25) is 0 Å². The molecule has 6 heteroatoms. The van der Waals surface area contributed by atoms with Gasteiger partial charge in [-0.1, -0.05) is 19.1 Å². The Labute approximate surface area is 107 Å². The molecule has 1 rings (SSSR count). The van der Waals surface area contributed by atoms with Crippen molar-refractivity contribution in [1.82, 2.24) is 4.31 Å². The SMILES string of the molecule is CCN(CCC(=O)O)S(=O)(=O)c1cccc(C)c1. The van der Waals surface area contributed by atoms with E-state index in [1.54, 1.807) is 19.1 Å². The second-order valence-electron chi connectivity index (χ2n) is 3.96. The maximum absolute atomic E-state index is 12.3. The molecule has 0 saturated heterocycles. The normalized spacial score (nSPS) is 11.7. The number of hydrogen-bond acceptors (Lipinski definition) is 3. The fourth-order valence-corrected chi connectivity index (χ4v) is 3.15. The van der Waals surface area contributed by atoms with Crippen molar-refractivity contribution in [1.29, 1.82) is 0 Å². The van der Waals surface area contributed by atoms with E-state index in [1.807, 2.05) is 13.0 Å². The van der Waals surface area contributed by atoms with Gasteiger partial charge in [0.05, 0.1) is 11.3 Å². The molecule has 0 amide bonds. The van der Waals surface area contributed by atoms with Crippen LogP contribution in [-0.4, -0.2) is 36.9 Å². The van der Waals surface area contributed by atoms with Gasteiger partial charge in [-0.25, -0.2) is 8.42 Å². The third-order valence-electron chi connectivity index (χ3n) is 2.56. The molecule has 0 aliphatic heterocycles. The molecule has 0 radical (unpaired) electrons. The molecular formula is C12H17NO4S. The zero-order valence-electron chi connectivity index (χ0n) is 10.5. The molecule has 5 nitrogen and oxygen atoms in total. The topological polar surface area (TPSA) is 74.7 Å². The van der Waals surface area contributed by atoms with Crippen molar-refractivity contribution < 1.29 is 18.3 Å². The Morgan fingerprint density at radius 1 is 1.39 bits per heavy atom. The first-order valence-corrected chi connectivity index (χ1v) is 7.10. The Bertz CT molecular complexity index is 525. The molecule has 0 heterocycles. The van der Waals surface area contributed by atoms with Crippen molar-refractivity contribution in [3.8, 4) is 0 Å². The highest BCUT2D eigenvalue weighted by Gasteiger charge is 2.23. The van der Waals surface area contributed by atoms with Crippen molar-refractivity contribution in [2.75, 3.05) is 13.1 Å². The summed E-state index contributed by atoms with van der Waals surface area (Å²) in [5.74, 6) is -1.01. The molecule has 0 spiro atoms. The molecule has 0 atom stereocenters. The van der Waals surface area contributed by atoms with E-state index in [1.165, 1.54) is 10.4 Å². The summed E-state index contributed by atoms with van der Waals surface area (Å²) in [5, 5.41) is 8.62. The van der Waals surface area contributed by atoms with Gasteiger partial charge in [-0.3, -0.25) is 4.79 Å². The fourth-order valence-electron chi connectivity index (χ4n) is 1.59. The predicted molar refractivity (Wildman–Crippen MR) is 67.9 cm³/mol. The van der Waals surface area contributed by atoms with Crippen LogP contribution in [0.4, 0.5) is 0 Å². The van der Waals surface area contributed by atoms with Crippen molar-refractivity contribution in [2.24, 2.45) is 0 Å². The molecule has 1 aromatic carbocycles. The quantitative estimate of drug-likeness (QED) is 0.850. The summed E-state index contributed by atoms with van der Waals surface area (Å²) in [4.78, 5) is 10.7. The Morgan fingerprint density at radius 2 is 2.06 bits per heavy atom. The van der Waals surface area contributed by atoms with Gasteiger partial charge < -0.3 is 5.11 Å². The summed E-state index contributed by atoms with van der Waals surface area (Å²) in [6, 6.07) is 6.59. The third kappa shape index (κ3) is 3.54. The number of aryl methyl sites for hydroxylation is 1. The lowest BCUT2D eigenvalue weighted by atomic mass is 10.2. The molecule has 0 bridgehead atoms. The van der Waals surface area contributed by atoms with Crippen molar-refractivity contribution in [3.63, 3.8) is 0 Å². The molecule has 0 unspecified atom stereocenters. The van der Waals surface area contributed by atoms with Gasteiger partial charge in [0.15, 0.2) is 0 Å². The molecule has 1 aromatic rings. The average Bonchev–Trinajstić information content (AvgIpc) is 2.29. The van der Waals surface area contributed by atoms with Crippen LogP contribution < -0.4 is 0 Å². The first kappa shape index (κ1) is 14.7. The molecule has 100 valence electrons. The largest absolute Gasteiger partial charge is 0.481 e. The highest BCUT2D eigenvalue weighted by Crippen LogP contribution is 2.16. The fraction of sp³-hybridized carbons (Fsp3) is 0.417. The number of hydrogen-bond donors (Lipinski definition) is 1. The highest BCUT2D eigenvalue weighted by atomic mass is 32.2. The zero-order chi connectivity index (χ0) is 13.8. The van der Waals surface area contributed by atoms with Crippen LogP contribution in [0.1, 0.15) is 18.9 Å². The van der Waals surface area contributed by atoms with Crippen LogP contribution in [0.15, 0.2) is 29.2 Å².